The number of aliphatic carboxylic acids is 1. The van der Waals surface area contributed by atoms with Crippen LogP contribution in [0.15, 0.2) is 12.2 Å². The number of rotatable bonds is 5. The molecule has 0 saturated heterocycles. The van der Waals surface area contributed by atoms with Gasteiger partial charge in [0.2, 0.25) is 0 Å². The van der Waals surface area contributed by atoms with E-state index >= 15 is 0 Å². The summed E-state index contributed by atoms with van der Waals surface area (Å²) in [7, 11) is 0. The van der Waals surface area contributed by atoms with Crippen molar-refractivity contribution in [2.24, 2.45) is 0 Å². The predicted octanol–water partition coefficient (Wildman–Crippen LogP) is 0.996. The van der Waals surface area contributed by atoms with E-state index in [2.05, 4.69) is 6.58 Å². The Bertz CT molecular complexity index is 149. The molecular formula is C7H10O3. The highest BCUT2D eigenvalue weighted by Gasteiger charge is 1.96. The molecule has 0 aliphatic rings. The lowest BCUT2D eigenvalue weighted by molar-refractivity contribution is -0.137. The van der Waals surface area contributed by atoms with Gasteiger partial charge in [0, 0.05) is 6.42 Å². The first kappa shape index (κ1) is 8.88. The topological polar surface area (TPSA) is 54.4 Å². The molecule has 3 nitrogen and oxygen atoms in total. The molecular weight excluding hydrogens is 132 g/mol. The standard InChI is InChI=1S/C7H10O3/c1-6(5-8)3-2-4-7(9)10/h5H,1-4H2,(H,9,10). The number of hydrogen-bond acceptors (Lipinski definition) is 2. The van der Waals surface area contributed by atoms with Crippen molar-refractivity contribution in [3.63, 3.8) is 0 Å². The summed E-state index contributed by atoms with van der Waals surface area (Å²) in [6.07, 6.45) is 1.73. The summed E-state index contributed by atoms with van der Waals surface area (Å²) in [5, 5.41) is 8.18. The van der Waals surface area contributed by atoms with Gasteiger partial charge in [-0.25, -0.2) is 0 Å². The first-order valence-corrected chi connectivity index (χ1v) is 3.01. The Morgan fingerprint density at radius 3 is 2.50 bits per heavy atom. The van der Waals surface area contributed by atoms with Crippen molar-refractivity contribution in [2.45, 2.75) is 19.3 Å². The van der Waals surface area contributed by atoms with Gasteiger partial charge in [-0.2, -0.15) is 0 Å². The molecule has 0 aromatic heterocycles. The van der Waals surface area contributed by atoms with Crippen LogP contribution in [0.1, 0.15) is 19.3 Å². The number of carbonyl (C=O) groups excluding carboxylic acids is 1. The average Bonchev–Trinajstić information content (AvgIpc) is 1.87. The van der Waals surface area contributed by atoms with Crippen molar-refractivity contribution in [1.29, 1.82) is 0 Å². The molecule has 0 unspecified atom stereocenters. The highest BCUT2D eigenvalue weighted by atomic mass is 16.4. The highest BCUT2D eigenvalue weighted by Crippen LogP contribution is 2.01. The third-order valence-corrected chi connectivity index (χ3v) is 1.06. The summed E-state index contributed by atoms with van der Waals surface area (Å²) in [5.74, 6) is -0.835. The quantitative estimate of drug-likeness (QED) is 0.460. The van der Waals surface area contributed by atoms with Gasteiger partial charge >= 0.3 is 5.97 Å². The van der Waals surface area contributed by atoms with Crippen LogP contribution in [0.25, 0.3) is 0 Å². The molecule has 56 valence electrons. The van der Waals surface area contributed by atoms with Crippen LogP contribution in [-0.4, -0.2) is 17.4 Å². The van der Waals surface area contributed by atoms with Gasteiger partial charge in [-0.3, -0.25) is 9.59 Å². The number of carboxylic acids is 1. The average molecular weight is 142 g/mol. The number of allylic oxidation sites excluding steroid dienone is 1. The second-order valence-corrected chi connectivity index (χ2v) is 2.02. The van der Waals surface area contributed by atoms with Crippen LogP contribution in [0, 0.1) is 0 Å². The van der Waals surface area contributed by atoms with E-state index in [1.54, 1.807) is 0 Å². The van der Waals surface area contributed by atoms with E-state index in [1.807, 2.05) is 0 Å². The van der Waals surface area contributed by atoms with Crippen LogP contribution in [-0.2, 0) is 9.59 Å². The van der Waals surface area contributed by atoms with Crippen molar-refractivity contribution in [3.05, 3.63) is 12.2 Å². The lowest BCUT2D eigenvalue weighted by atomic mass is 10.1. The van der Waals surface area contributed by atoms with Crippen LogP contribution in [0.3, 0.4) is 0 Å². The lowest BCUT2D eigenvalue weighted by Gasteiger charge is -1.93. The molecule has 3 heteroatoms. The van der Waals surface area contributed by atoms with Crippen molar-refractivity contribution >= 4 is 12.3 Å². The van der Waals surface area contributed by atoms with E-state index in [0.29, 0.717) is 24.7 Å². The fourth-order valence-electron chi connectivity index (χ4n) is 0.526. The summed E-state index contributed by atoms with van der Waals surface area (Å²) >= 11 is 0. The molecule has 0 radical (unpaired) electrons. The number of hydrogen-bond donors (Lipinski definition) is 1. The zero-order valence-corrected chi connectivity index (χ0v) is 5.67. The van der Waals surface area contributed by atoms with Crippen LogP contribution in [0.5, 0.6) is 0 Å². The van der Waals surface area contributed by atoms with E-state index in [1.165, 1.54) is 0 Å². The lowest BCUT2D eigenvalue weighted by Crippen LogP contribution is -1.94. The molecule has 0 aliphatic heterocycles. The zero-order chi connectivity index (χ0) is 7.98. The maximum atomic E-state index is 9.95. The fourth-order valence-corrected chi connectivity index (χ4v) is 0.526. The maximum Gasteiger partial charge on any atom is 0.303 e. The minimum absolute atomic E-state index is 0.104. The van der Waals surface area contributed by atoms with E-state index in [0.717, 1.165) is 0 Å². The van der Waals surface area contributed by atoms with Gasteiger partial charge < -0.3 is 5.11 Å². The van der Waals surface area contributed by atoms with Crippen LogP contribution >= 0.6 is 0 Å². The Morgan fingerprint density at radius 2 is 2.10 bits per heavy atom. The Kier molecular flexibility index (Phi) is 4.20. The third-order valence-electron chi connectivity index (χ3n) is 1.06. The Morgan fingerprint density at radius 1 is 1.50 bits per heavy atom. The van der Waals surface area contributed by atoms with Gasteiger partial charge in [0.05, 0.1) is 0 Å². The Hall–Kier alpha value is -1.12. The Balaban J connectivity index is 3.28. The van der Waals surface area contributed by atoms with Gasteiger partial charge in [0.1, 0.15) is 6.29 Å². The molecule has 0 fully saturated rings. The molecule has 10 heavy (non-hydrogen) atoms. The molecule has 0 saturated carbocycles. The van der Waals surface area contributed by atoms with Gasteiger partial charge in [-0.1, -0.05) is 6.58 Å². The van der Waals surface area contributed by atoms with Gasteiger partial charge in [0.15, 0.2) is 0 Å². The number of carbonyl (C=O) groups is 2. The largest absolute Gasteiger partial charge is 0.481 e. The molecule has 0 spiro atoms. The van der Waals surface area contributed by atoms with Gasteiger partial charge in [-0.05, 0) is 18.4 Å². The van der Waals surface area contributed by atoms with Crippen molar-refractivity contribution < 1.29 is 14.7 Å². The van der Waals surface area contributed by atoms with Crippen molar-refractivity contribution in [1.82, 2.24) is 0 Å². The molecule has 0 atom stereocenters. The molecule has 0 bridgehead atoms. The molecule has 0 aromatic rings. The first-order chi connectivity index (χ1) is 4.66. The van der Waals surface area contributed by atoms with Crippen LogP contribution < -0.4 is 0 Å². The minimum atomic E-state index is -0.835. The summed E-state index contributed by atoms with van der Waals surface area (Å²) in [6.45, 7) is 3.41. The highest BCUT2D eigenvalue weighted by molar-refractivity contribution is 5.72. The van der Waals surface area contributed by atoms with Gasteiger partial charge in [0.25, 0.3) is 0 Å². The van der Waals surface area contributed by atoms with Crippen LogP contribution in [0.2, 0.25) is 0 Å². The van der Waals surface area contributed by atoms with Crippen molar-refractivity contribution in [3.8, 4) is 0 Å². The first-order valence-electron chi connectivity index (χ1n) is 3.01. The van der Waals surface area contributed by atoms with E-state index in [4.69, 9.17) is 5.11 Å². The van der Waals surface area contributed by atoms with Crippen LogP contribution in [0.4, 0.5) is 0 Å². The summed E-state index contributed by atoms with van der Waals surface area (Å²) in [4.78, 5) is 19.9. The van der Waals surface area contributed by atoms with Crippen molar-refractivity contribution in [2.75, 3.05) is 0 Å². The number of aldehydes is 1. The van der Waals surface area contributed by atoms with Gasteiger partial charge in [-0.15, -0.1) is 0 Å². The smallest absolute Gasteiger partial charge is 0.303 e. The summed E-state index contributed by atoms with van der Waals surface area (Å²) in [6, 6.07) is 0. The SMILES string of the molecule is C=C(C=O)CCCC(=O)O. The molecule has 1 N–H and O–H groups in total. The number of carboxylic acid groups (broad SMARTS) is 1. The molecule has 0 amide bonds. The summed E-state index contributed by atoms with van der Waals surface area (Å²) in [5.41, 5.74) is 0.459. The maximum absolute atomic E-state index is 9.95. The van der Waals surface area contributed by atoms with E-state index < -0.39 is 5.97 Å². The second kappa shape index (κ2) is 4.73. The third kappa shape index (κ3) is 5.03. The predicted molar refractivity (Wildman–Crippen MR) is 36.7 cm³/mol. The zero-order valence-electron chi connectivity index (χ0n) is 5.67. The molecule has 0 aromatic carbocycles. The minimum Gasteiger partial charge on any atom is -0.481 e. The monoisotopic (exact) mass is 142 g/mol. The molecule has 0 heterocycles. The molecule has 0 aliphatic carbocycles. The second-order valence-electron chi connectivity index (χ2n) is 2.02. The van der Waals surface area contributed by atoms with E-state index in [9.17, 15) is 9.59 Å². The Labute approximate surface area is 59.4 Å². The molecule has 0 rings (SSSR count). The normalized spacial score (nSPS) is 8.80. The van der Waals surface area contributed by atoms with E-state index in [-0.39, 0.29) is 6.42 Å². The summed E-state index contributed by atoms with van der Waals surface area (Å²) < 4.78 is 0. The fraction of sp³-hybridized carbons (Fsp3) is 0.429.